The fourth-order valence-corrected chi connectivity index (χ4v) is 5.79. The van der Waals surface area contributed by atoms with Crippen LogP contribution in [0.5, 0.6) is 0 Å². The first-order valence-electron chi connectivity index (χ1n) is 8.10. The Morgan fingerprint density at radius 1 is 1.23 bits per heavy atom. The van der Waals surface area contributed by atoms with Crippen LogP contribution in [0.4, 0.5) is 0 Å². The summed E-state index contributed by atoms with van der Waals surface area (Å²) in [5, 5.41) is 0. The molecule has 0 spiro atoms. The molecule has 2 atom stereocenters. The van der Waals surface area contributed by atoms with Crippen LogP contribution in [-0.2, 0) is 10.0 Å². The van der Waals surface area contributed by atoms with Gasteiger partial charge >= 0.3 is 0 Å². The van der Waals surface area contributed by atoms with Crippen molar-refractivity contribution in [1.82, 2.24) is 4.31 Å². The molecule has 1 aliphatic heterocycles. The van der Waals surface area contributed by atoms with Crippen molar-refractivity contribution in [3.05, 3.63) is 29.8 Å². The minimum absolute atomic E-state index is 0.0853. The topological polar surface area (TPSA) is 37.4 Å². The van der Waals surface area contributed by atoms with E-state index >= 15 is 0 Å². The van der Waals surface area contributed by atoms with E-state index in [0.29, 0.717) is 29.2 Å². The van der Waals surface area contributed by atoms with Crippen molar-refractivity contribution in [2.24, 2.45) is 11.8 Å². The maximum atomic E-state index is 12.9. The second-order valence-corrected chi connectivity index (χ2v) is 8.38. The maximum absolute atomic E-state index is 12.9. The number of hydrogen-bond donors (Lipinski definition) is 0. The lowest BCUT2D eigenvalue weighted by Gasteiger charge is -2.30. The van der Waals surface area contributed by atoms with Crippen molar-refractivity contribution in [3.8, 4) is 0 Å². The molecule has 0 aliphatic carbocycles. The molecule has 1 fully saturated rings. The molecule has 1 heterocycles. The molecule has 2 unspecified atom stereocenters. The molecule has 124 valence electrons. The number of benzene rings is 1. The van der Waals surface area contributed by atoms with Gasteiger partial charge in [0.15, 0.2) is 0 Å². The fraction of sp³-hybridized carbons (Fsp3) is 0.647. The standard InChI is InChI=1S/C17H26ClNO2S/c1-4-14(5-2)16-10-11-19(17(16)12-18)22(20,21)15-8-6-13(3)7-9-15/h6-9,14,16-17H,4-5,10-12H2,1-3H3. The van der Waals surface area contributed by atoms with Gasteiger partial charge < -0.3 is 0 Å². The number of hydrogen-bond acceptors (Lipinski definition) is 2. The zero-order chi connectivity index (χ0) is 16.3. The van der Waals surface area contributed by atoms with Crippen LogP contribution in [0.15, 0.2) is 29.2 Å². The zero-order valence-electron chi connectivity index (χ0n) is 13.6. The fourth-order valence-electron chi connectivity index (χ4n) is 3.63. The highest BCUT2D eigenvalue weighted by Gasteiger charge is 2.43. The van der Waals surface area contributed by atoms with Crippen LogP contribution < -0.4 is 0 Å². The molecule has 0 saturated carbocycles. The Bertz CT molecular complexity index is 581. The lowest BCUT2D eigenvalue weighted by atomic mass is 9.83. The number of rotatable bonds is 6. The van der Waals surface area contributed by atoms with Gasteiger partial charge in [0.05, 0.1) is 4.90 Å². The van der Waals surface area contributed by atoms with Crippen molar-refractivity contribution in [1.29, 1.82) is 0 Å². The first-order chi connectivity index (χ1) is 10.5. The molecular formula is C17H26ClNO2S. The highest BCUT2D eigenvalue weighted by atomic mass is 35.5. The largest absolute Gasteiger partial charge is 0.243 e. The third-order valence-electron chi connectivity index (χ3n) is 4.99. The van der Waals surface area contributed by atoms with Gasteiger partial charge in [0.25, 0.3) is 0 Å². The first-order valence-corrected chi connectivity index (χ1v) is 10.1. The molecule has 1 aromatic rings. The van der Waals surface area contributed by atoms with Crippen LogP contribution in [0.1, 0.15) is 38.7 Å². The van der Waals surface area contributed by atoms with Gasteiger partial charge in [-0.25, -0.2) is 8.42 Å². The summed E-state index contributed by atoms with van der Waals surface area (Å²) in [4.78, 5) is 0.374. The molecule has 1 aromatic carbocycles. The van der Waals surface area contributed by atoms with Crippen molar-refractivity contribution in [3.63, 3.8) is 0 Å². The SMILES string of the molecule is CCC(CC)C1CCN(S(=O)(=O)c2ccc(C)cc2)C1CCl. The molecular weight excluding hydrogens is 318 g/mol. The van der Waals surface area contributed by atoms with E-state index in [2.05, 4.69) is 13.8 Å². The molecule has 0 N–H and O–H groups in total. The monoisotopic (exact) mass is 343 g/mol. The van der Waals surface area contributed by atoms with Gasteiger partial charge in [-0.05, 0) is 37.3 Å². The van der Waals surface area contributed by atoms with E-state index in [1.54, 1.807) is 16.4 Å². The van der Waals surface area contributed by atoms with E-state index < -0.39 is 10.0 Å². The van der Waals surface area contributed by atoms with Crippen LogP contribution in [0, 0.1) is 18.8 Å². The molecule has 0 aromatic heterocycles. The van der Waals surface area contributed by atoms with Crippen LogP contribution in [0.2, 0.25) is 0 Å². The summed E-state index contributed by atoms with van der Waals surface area (Å²) in [7, 11) is -3.45. The van der Waals surface area contributed by atoms with Gasteiger partial charge in [-0.1, -0.05) is 44.4 Å². The van der Waals surface area contributed by atoms with E-state index in [9.17, 15) is 8.42 Å². The second-order valence-electron chi connectivity index (χ2n) is 6.18. The third kappa shape index (κ3) is 3.34. The average molecular weight is 344 g/mol. The lowest BCUT2D eigenvalue weighted by Crippen LogP contribution is -2.40. The minimum atomic E-state index is -3.45. The van der Waals surface area contributed by atoms with Crippen LogP contribution in [0.3, 0.4) is 0 Å². The average Bonchev–Trinajstić information content (AvgIpc) is 2.93. The van der Waals surface area contributed by atoms with E-state index in [0.717, 1.165) is 24.8 Å². The number of sulfonamides is 1. The molecule has 0 amide bonds. The predicted molar refractivity (Wildman–Crippen MR) is 91.8 cm³/mol. The predicted octanol–water partition coefficient (Wildman–Crippen LogP) is 4.05. The normalized spacial score (nSPS) is 23.3. The van der Waals surface area contributed by atoms with Gasteiger partial charge in [0.1, 0.15) is 0 Å². The van der Waals surface area contributed by atoms with E-state index in [4.69, 9.17) is 11.6 Å². The summed E-state index contributed by atoms with van der Waals surface area (Å²) in [5.74, 6) is 1.28. The van der Waals surface area contributed by atoms with Crippen molar-refractivity contribution in [2.45, 2.75) is 51.0 Å². The number of nitrogens with zero attached hydrogens (tertiary/aromatic N) is 1. The summed E-state index contributed by atoms with van der Waals surface area (Å²) in [6.07, 6.45) is 3.06. The van der Waals surface area contributed by atoms with Gasteiger partial charge in [-0.15, -0.1) is 11.6 Å². The van der Waals surface area contributed by atoms with Crippen LogP contribution >= 0.6 is 11.6 Å². The molecule has 1 aliphatic rings. The lowest BCUT2D eigenvalue weighted by molar-refractivity contribution is 0.262. The van der Waals surface area contributed by atoms with E-state index in [1.165, 1.54) is 0 Å². The van der Waals surface area contributed by atoms with E-state index in [1.807, 2.05) is 19.1 Å². The van der Waals surface area contributed by atoms with Gasteiger partial charge in [-0.3, -0.25) is 0 Å². The van der Waals surface area contributed by atoms with Gasteiger partial charge in [-0.2, -0.15) is 4.31 Å². The molecule has 0 bridgehead atoms. The van der Waals surface area contributed by atoms with E-state index in [-0.39, 0.29) is 6.04 Å². The molecule has 0 radical (unpaired) electrons. The number of halogens is 1. The van der Waals surface area contributed by atoms with Gasteiger partial charge in [0, 0.05) is 18.5 Å². The summed E-state index contributed by atoms with van der Waals surface area (Å²) < 4.78 is 27.5. The first kappa shape index (κ1) is 17.8. The number of alkyl halides is 1. The Kier molecular flexibility index (Phi) is 5.92. The van der Waals surface area contributed by atoms with Gasteiger partial charge in [0.2, 0.25) is 10.0 Å². The summed E-state index contributed by atoms with van der Waals surface area (Å²) in [6, 6.07) is 6.99. The second kappa shape index (κ2) is 7.33. The highest BCUT2D eigenvalue weighted by molar-refractivity contribution is 7.89. The minimum Gasteiger partial charge on any atom is -0.207 e. The molecule has 5 heteroatoms. The van der Waals surface area contributed by atoms with Crippen molar-refractivity contribution < 1.29 is 8.42 Å². The Morgan fingerprint density at radius 2 is 1.82 bits per heavy atom. The van der Waals surface area contributed by atoms with Crippen LogP contribution in [0.25, 0.3) is 0 Å². The number of aryl methyl sites for hydroxylation is 1. The summed E-state index contributed by atoms with van der Waals surface area (Å²) in [5.41, 5.74) is 1.06. The molecule has 3 nitrogen and oxygen atoms in total. The summed E-state index contributed by atoms with van der Waals surface area (Å²) >= 11 is 6.17. The highest BCUT2D eigenvalue weighted by Crippen LogP contribution is 2.37. The summed E-state index contributed by atoms with van der Waals surface area (Å²) in [6.45, 7) is 6.89. The smallest absolute Gasteiger partial charge is 0.207 e. The maximum Gasteiger partial charge on any atom is 0.243 e. The molecule has 1 saturated heterocycles. The van der Waals surface area contributed by atoms with Crippen molar-refractivity contribution >= 4 is 21.6 Å². The Balaban J connectivity index is 2.29. The Hall–Kier alpha value is -0.580. The molecule has 2 rings (SSSR count). The van der Waals surface area contributed by atoms with Crippen molar-refractivity contribution in [2.75, 3.05) is 12.4 Å². The molecule has 22 heavy (non-hydrogen) atoms. The Morgan fingerprint density at radius 3 is 2.32 bits per heavy atom. The quantitative estimate of drug-likeness (QED) is 0.731. The third-order valence-corrected chi connectivity index (χ3v) is 7.24. The zero-order valence-corrected chi connectivity index (χ0v) is 15.2. The van der Waals surface area contributed by atoms with Crippen LogP contribution in [-0.4, -0.2) is 31.2 Å². The Labute approximate surface area is 139 Å².